The summed E-state index contributed by atoms with van der Waals surface area (Å²) < 4.78 is 61.5. The topological polar surface area (TPSA) is 131 Å². The van der Waals surface area contributed by atoms with Crippen molar-refractivity contribution in [3.05, 3.63) is 109 Å². The summed E-state index contributed by atoms with van der Waals surface area (Å²) in [5.41, 5.74) is 1.72. The number of rotatable bonds is 8. The highest BCUT2D eigenvalue weighted by atomic mass is 32.2. The lowest BCUT2D eigenvalue weighted by atomic mass is 10.2. The third-order valence-electron chi connectivity index (χ3n) is 5.30. The standard InChI is InChI=1S/C26H20N4O5S2/c31-36(32,29-21-11-15-23(16-12-21)37(33,34)30-25-8-4-5-17-27-25)22-13-9-20(10-14-22)26-28-18-24(35-26)19-6-2-1-3-7-19/h1-18,29H,(H,27,30). The van der Waals surface area contributed by atoms with E-state index in [1.54, 1.807) is 30.5 Å². The lowest BCUT2D eigenvalue weighted by Gasteiger charge is -2.10. The molecule has 37 heavy (non-hydrogen) atoms. The van der Waals surface area contributed by atoms with Crippen molar-refractivity contribution in [3.8, 4) is 22.8 Å². The second-order valence-electron chi connectivity index (χ2n) is 7.87. The largest absolute Gasteiger partial charge is 0.436 e. The molecule has 9 nitrogen and oxygen atoms in total. The first-order chi connectivity index (χ1) is 17.8. The van der Waals surface area contributed by atoms with E-state index in [2.05, 4.69) is 19.4 Å². The Morgan fingerprint density at radius 1 is 0.595 bits per heavy atom. The monoisotopic (exact) mass is 532 g/mol. The molecule has 0 unspecified atom stereocenters. The van der Waals surface area contributed by atoms with Crippen LogP contribution >= 0.6 is 0 Å². The molecule has 0 fully saturated rings. The third kappa shape index (κ3) is 5.52. The van der Waals surface area contributed by atoms with E-state index in [4.69, 9.17) is 4.42 Å². The molecular weight excluding hydrogens is 512 g/mol. The van der Waals surface area contributed by atoms with Crippen molar-refractivity contribution in [2.75, 3.05) is 9.44 Å². The molecule has 11 heteroatoms. The Morgan fingerprint density at radius 3 is 1.86 bits per heavy atom. The summed E-state index contributed by atoms with van der Waals surface area (Å²) in [6.45, 7) is 0. The van der Waals surface area contributed by atoms with E-state index in [9.17, 15) is 16.8 Å². The number of hydrogen-bond acceptors (Lipinski definition) is 7. The van der Waals surface area contributed by atoms with Crippen molar-refractivity contribution in [3.63, 3.8) is 0 Å². The molecular formula is C26H20N4O5S2. The van der Waals surface area contributed by atoms with Crippen LogP contribution in [0.2, 0.25) is 0 Å². The van der Waals surface area contributed by atoms with E-state index < -0.39 is 20.0 Å². The molecule has 0 aliphatic carbocycles. The number of nitrogens with zero attached hydrogens (tertiary/aromatic N) is 2. The summed E-state index contributed by atoms with van der Waals surface area (Å²) in [6, 6.07) is 25.8. The highest BCUT2D eigenvalue weighted by Crippen LogP contribution is 2.27. The Morgan fingerprint density at radius 2 is 1.22 bits per heavy atom. The molecule has 2 heterocycles. The van der Waals surface area contributed by atoms with Crippen LogP contribution < -0.4 is 9.44 Å². The third-order valence-corrected chi connectivity index (χ3v) is 8.06. The summed E-state index contributed by atoms with van der Waals surface area (Å²) in [6.07, 6.45) is 3.09. The van der Waals surface area contributed by atoms with E-state index >= 15 is 0 Å². The van der Waals surface area contributed by atoms with Gasteiger partial charge in [-0.2, -0.15) is 0 Å². The molecule has 0 spiro atoms. The van der Waals surface area contributed by atoms with Gasteiger partial charge in [-0.1, -0.05) is 36.4 Å². The van der Waals surface area contributed by atoms with E-state index in [-0.39, 0.29) is 21.3 Å². The molecule has 0 aliphatic heterocycles. The summed E-state index contributed by atoms with van der Waals surface area (Å²) in [5.74, 6) is 1.15. The fraction of sp³-hybridized carbons (Fsp3) is 0. The van der Waals surface area contributed by atoms with Crippen molar-refractivity contribution in [2.24, 2.45) is 0 Å². The normalized spacial score (nSPS) is 11.7. The van der Waals surface area contributed by atoms with E-state index in [1.807, 2.05) is 30.3 Å². The minimum absolute atomic E-state index is 0.0274. The van der Waals surface area contributed by atoms with Crippen LogP contribution in [0.3, 0.4) is 0 Å². The lowest BCUT2D eigenvalue weighted by Crippen LogP contribution is -2.15. The number of hydrogen-bond donors (Lipinski definition) is 2. The van der Waals surface area contributed by atoms with Gasteiger partial charge in [-0.3, -0.25) is 9.44 Å². The summed E-state index contributed by atoms with van der Waals surface area (Å²) in [5, 5.41) is 0. The van der Waals surface area contributed by atoms with E-state index in [0.29, 0.717) is 17.2 Å². The minimum Gasteiger partial charge on any atom is -0.436 e. The number of benzene rings is 3. The average molecular weight is 533 g/mol. The van der Waals surface area contributed by atoms with Crippen LogP contribution in [0, 0.1) is 0 Å². The highest BCUT2D eigenvalue weighted by molar-refractivity contribution is 7.93. The fourth-order valence-corrected chi connectivity index (χ4v) is 5.52. The molecule has 0 amide bonds. The van der Waals surface area contributed by atoms with Crippen LogP contribution in [-0.4, -0.2) is 26.8 Å². The van der Waals surface area contributed by atoms with Gasteiger partial charge < -0.3 is 4.42 Å². The maximum atomic E-state index is 12.9. The van der Waals surface area contributed by atoms with Gasteiger partial charge in [0, 0.05) is 23.0 Å². The van der Waals surface area contributed by atoms with Crippen LogP contribution in [-0.2, 0) is 20.0 Å². The van der Waals surface area contributed by atoms with Gasteiger partial charge in [0.25, 0.3) is 20.0 Å². The Balaban J connectivity index is 1.29. The Bertz CT molecular complexity index is 1720. The van der Waals surface area contributed by atoms with Gasteiger partial charge in [0.15, 0.2) is 5.76 Å². The molecule has 0 radical (unpaired) electrons. The maximum Gasteiger partial charge on any atom is 0.263 e. The lowest BCUT2D eigenvalue weighted by molar-refractivity contribution is 0.588. The molecule has 2 N–H and O–H groups in total. The number of anilines is 2. The predicted molar refractivity (Wildman–Crippen MR) is 140 cm³/mol. The molecule has 2 aromatic heterocycles. The van der Waals surface area contributed by atoms with Crippen LogP contribution in [0.5, 0.6) is 0 Å². The Kier molecular flexibility index (Phi) is 6.47. The highest BCUT2D eigenvalue weighted by Gasteiger charge is 2.18. The first-order valence-electron chi connectivity index (χ1n) is 11.0. The zero-order valence-corrected chi connectivity index (χ0v) is 20.8. The molecule has 0 saturated heterocycles. The van der Waals surface area contributed by atoms with Crippen LogP contribution in [0.15, 0.2) is 124 Å². The van der Waals surface area contributed by atoms with Gasteiger partial charge in [-0.15, -0.1) is 0 Å². The fourth-order valence-electron chi connectivity index (χ4n) is 3.46. The van der Waals surface area contributed by atoms with Crippen molar-refractivity contribution in [2.45, 2.75) is 9.79 Å². The van der Waals surface area contributed by atoms with Gasteiger partial charge >= 0.3 is 0 Å². The smallest absolute Gasteiger partial charge is 0.263 e. The minimum atomic E-state index is -3.92. The van der Waals surface area contributed by atoms with Gasteiger partial charge in [0.2, 0.25) is 5.89 Å². The average Bonchev–Trinajstić information content (AvgIpc) is 3.40. The molecule has 0 saturated carbocycles. The predicted octanol–water partition coefficient (Wildman–Crippen LogP) is 5.01. The quantitative estimate of drug-likeness (QED) is 0.287. The van der Waals surface area contributed by atoms with Gasteiger partial charge in [-0.05, 0) is 60.7 Å². The number of oxazole rings is 1. The Hall–Kier alpha value is -4.48. The van der Waals surface area contributed by atoms with Crippen molar-refractivity contribution in [1.82, 2.24) is 9.97 Å². The summed E-state index contributed by atoms with van der Waals surface area (Å²) >= 11 is 0. The number of nitrogens with one attached hydrogen (secondary N) is 2. The van der Waals surface area contributed by atoms with Gasteiger partial charge in [0.1, 0.15) is 5.82 Å². The van der Waals surface area contributed by atoms with E-state index in [0.717, 1.165) is 5.56 Å². The Labute approximate surface area is 214 Å². The summed E-state index contributed by atoms with van der Waals surface area (Å²) in [7, 11) is -7.80. The SMILES string of the molecule is O=S(=O)(Nc1ccc(S(=O)(=O)Nc2ccccn2)cc1)c1ccc(-c2ncc(-c3ccccc3)o2)cc1. The van der Waals surface area contributed by atoms with Crippen molar-refractivity contribution >= 4 is 31.6 Å². The van der Waals surface area contributed by atoms with Gasteiger partial charge in [-0.25, -0.2) is 26.8 Å². The summed E-state index contributed by atoms with van der Waals surface area (Å²) in [4.78, 5) is 8.22. The first kappa shape index (κ1) is 24.2. The molecule has 186 valence electrons. The zero-order valence-electron chi connectivity index (χ0n) is 19.1. The van der Waals surface area contributed by atoms with Crippen molar-refractivity contribution in [1.29, 1.82) is 0 Å². The molecule has 3 aromatic carbocycles. The zero-order chi connectivity index (χ0) is 25.9. The van der Waals surface area contributed by atoms with Crippen molar-refractivity contribution < 1.29 is 21.3 Å². The number of sulfonamides is 2. The van der Waals surface area contributed by atoms with Crippen LogP contribution in [0.1, 0.15) is 0 Å². The second kappa shape index (κ2) is 9.88. The second-order valence-corrected chi connectivity index (χ2v) is 11.2. The van der Waals surface area contributed by atoms with Crippen LogP contribution in [0.4, 0.5) is 11.5 Å². The maximum absolute atomic E-state index is 12.9. The molecule has 0 bridgehead atoms. The molecule has 0 atom stereocenters. The number of aromatic nitrogens is 2. The van der Waals surface area contributed by atoms with Gasteiger partial charge in [0.05, 0.1) is 16.0 Å². The molecule has 0 aliphatic rings. The molecule has 5 aromatic rings. The number of pyridine rings is 1. The van der Waals surface area contributed by atoms with Crippen LogP contribution in [0.25, 0.3) is 22.8 Å². The molecule has 5 rings (SSSR count). The first-order valence-corrected chi connectivity index (χ1v) is 14.0. The van der Waals surface area contributed by atoms with E-state index in [1.165, 1.54) is 48.7 Å².